The molecule has 1 aromatic heterocycles. The molecule has 1 aliphatic rings. The van der Waals surface area contributed by atoms with E-state index in [9.17, 15) is 9.59 Å². The molecule has 0 bridgehead atoms. The molecule has 2 N–H and O–H groups in total. The minimum Gasteiger partial charge on any atom is -0.494 e. The molecule has 1 aliphatic carbocycles. The maximum Gasteiger partial charge on any atom is 0.239 e. The van der Waals surface area contributed by atoms with Crippen molar-refractivity contribution in [3.05, 3.63) is 48.2 Å². The molecule has 1 saturated carbocycles. The van der Waals surface area contributed by atoms with E-state index in [4.69, 9.17) is 9.47 Å². The van der Waals surface area contributed by atoms with Gasteiger partial charge >= 0.3 is 0 Å². The van der Waals surface area contributed by atoms with Crippen LogP contribution in [0.3, 0.4) is 0 Å². The highest BCUT2D eigenvalue weighted by Crippen LogP contribution is 2.28. The molecule has 2 aromatic rings. The number of pyridine rings is 1. The highest BCUT2D eigenvalue weighted by atomic mass is 16.5. The second-order valence-corrected chi connectivity index (χ2v) is 6.28. The Morgan fingerprint density at radius 3 is 2.56 bits per heavy atom. The summed E-state index contributed by atoms with van der Waals surface area (Å²) < 4.78 is 11.1. The summed E-state index contributed by atoms with van der Waals surface area (Å²) in [5.41, 5.74) is 0.854. The number of rotatable bonds is 9. The molecule has 0 spiro atoms. The van der Waals surface area contributed by atoms with Crippen LogP contribution in [0.4, 0.5) is 0 Å². The monoisotopic (exact) mass is 369 g/mol. The van der Waals surface area contributed by atoms with Gasteiger partial charge in [-0.2, -0.15) is 0 Å². The van der Waals surface area contributed by atoms with Crippen LogP contribution < -0.4 is 20.1 Å². The fourth-order valence-corrected chi connectivity index (χ4v) is 2.43. The van der Waals surface area contributed by atoms with Crippen molar-refractivity contribution in [1.29, 1.82) is 0 Å². The second-order valence-electron chi connectivity index (χ2n) is 6.28. The molecule has 0 aliphatic heterocycles. The van der Waals surface area contributed by atoms with E-state index >= 15 is 0 Å². The van der Waals surface area contributed by atoms with Crippen molar-refractivity contribution in [1.82, 2.24) is 15.6 Å². The van der Waals surface area contributed by atoms with Crippen LogP contribution in [0.2, 0.25) is 0 Å². The molecule has 0 saturated heterocycles. The number of benzene rings is 1. The van der Waals surface area contributed by atoms with Crippen LogP contribution in [0.5, 0.6) is 17.4 Å². The predicted octanol–water partition coefficient (Wildman–Crippen LogP) is 2.42. The van der Waals surface area contributed by atoms with E-state index in [2.05, 4.69) is 15.6 Å². The summed E-state index contributed by atoms with van der Waals surface area (Å²) in [5.74, 6) is 1.70. The van der Waals surface area contributed by atoms with Gasteiger partial charge in [0.2, 0.25) is 17.7 Å². The Morgan fingerprint density at radius 1 is 1.11 bits per heavy atom. The van der Waals surface area contributed by atoms with Gasteiger partial charge in [0.05, 0.1) is 13.2 Å². The van der Waals surface area contributed by atoms with Crippen molar-refractivity contribution < 1.29 is 19.1 Å². The van der Waals surface area contributed by atoms with Gasteiger partial charge in [-0.25, -0.2) is 4.98 Å². The number of nitrogens with zero attached hydrogens (tertiary/aromatic N) is 1. The fraction of sp³-hybridized carbons (Fsp3) is 0.350. The summed E-state index contributed by atoms with van der Waals surface area (Å²) in [4.78, 5) is 27.6. The third kappa shape index (κ3) is 5.99. The molecule has 1 aromatic carbocycles. The first-order valence-corrected chi connectivity index (χ1v) is 9.04. The minimum atomic E-state index is -0.227. The largest absolute Gasteiger partial charge is 0.494 e. The lowest BCUT2D eigenvalue weighted by Crippen LogP contribution is -2.37. The van der Waals surface area contributed by atoms with E-state index in [0.717, 1.165) is 24.2 Å². The Balaban J connectivity index is 1.47. The third-order valence-corrected chi connectivity index (χ3v) is 4.02. The smallest absolute Gasteiger partial charge is 0.239 e. The van der Waals surface area contributed by atoms with Crippen molar-refractivity contribution in [3.8, 4) is 17.4 Å². The van der Waals surface area contributed by atoms with Gasteiger partial charge in [-0.15, -0.1) is 0 Å². The molecule has 1 heterocycles. The summed E-state index contributed by atoms with van der Waals surface area (Å²) in [6.07, 6.45) is 3.46. The van der Waals surface area contributed by atoms with E-state index in [1.807, 2.05) is 31.2 Å². The van der Waals surface area contributed by atoms with Gasteiger partial charge in [-0.1, -0.05) is 0 Å². The second kappa shape index (κ2) is 9.02. The summed E-state index contributed by atoms with van der Waals surface area (Å²) in [6, 6.07) is 10.8. The molecule has 7 nitrogen and oxygen atoms in total. The van der Waals surface area contributed by atoms with Crippen LogP contribution in [0.15, 0.2) is 42.6 Å². The van der Waals surface area contributed by atoms with Gasteiger partial charge < -0.3 is 20.1 Å². The number of ether oxygens (including phenoxy) is 2. The lowest BCUT2D eigenvalue weighted by Gasteiger charge is -2.09. The van der Waals surface area contributed by atoms with Crippen LogP contribution in [-0.4, -0.2) is 29.9 Å². The summed E-state index contributed by atoms with van der Waals surface area (Å²) >= 11 is 0. The number of carbonyl (C=O) groups is 2. The summed E-state index contributed by atoms with van der Waals surface area (Å²) in [7, 11) is 0. The zero-order chi connectivity index (χ0) is 19.1. The molecule has 2 amide bonds. The zero-order valence-electron chi connectivity index (χ0n) is 15.2. The molecule has 1 fully saturated rings. The third-order valence-electron chi connectivity index (χ3n) is 4.02. The Morgan fingerprint density at radius 2 is 1.85 bits per heavy atom. The molecular weight excluding hydrogens is 346 g/mol. The molecule has 0 radical (unpaired) electrons. The lowest BCUT2D eigenvalue weighted by atomic mass is 10.2. The summed E-state index contributed by atoms with van der Waals surface area (Å²) in [6.45, 7) is 2.87. The van der Waals surface area contributed by atoms with Gasteiger partial charge in [-0.05, 0) is 55.7 Å². The van der Waals surface area contributed by atoms with E-state index in [1.54, 1.807) is 18.3 Å². The number of hydrogen-bond acceptors (Lipinski definition) is 5. The standard InChI is InChI=1S/C20H23N3O4/c1-2-26-16-5-7-17(8-6-16)27-19-11-14(9-10-21-19)12-22-18(24)13-23-20(25)15-3-4-15/h5-11,15H,2-4,12-13H2,1H3,(H,22,24)(H,23,25). The first-order chi connectivity index (χ1) is 13.1. The maximum atomic E-state index is 11.8. The van der Waals surface area contributed by atoms with Gasteiger partial charge in [0.1, 0.15) is 11.5 Å². The average Bonchev–Trinajstić information content (AvgIpc) is 3.52. The van der Waals surface area contributed by atoms with Crippen molar-refractivity contribution in [2.45, 2.75) is 26.3 Å². The van der Waals surface area contributed by atoms with E-state index < -0.39 is 0 Å². The number of amides is 2. The molecule has 0 atom stereocenters. The first kappa shape index (κ1) is 18.7. The van der Waals surface area contributed by atoms with Crippen molar-refractivity contribution in [2.75, 3.05) is 13.2 Å². The zero-order valence-corrected chi connectivity index (χ0v) is 15.2. The number of hydrogen-bond donors (Lipinski definition) is 2. The van der Waals surface area contributed by atoms with Crippen molar-refractivity contribution >= 4 is 11.8 Å². The van der Waals surface area contributed by atoms with Gasteiger partial charge in [0.15, 0.2) is 0 Å². The Labute approximate surface area is 158 Å². The van der Waals surface area contributed by atoms with Gasteiger partial charge in [-0.3, -0.25) is 9.59 Å². The first-order valence-electron chi connectivity index (χ1n) is 9.04. The van der Waals surface area contributed by atoms with E-state index in [1.165, 1.54) is 0 Å². The maximum absolute atomic E-state index is 11.8. The topological polar surface area (TPSA) is 89.5 Å². The molecule has 3 rings (SSSR count). The van der Waals surface area contributed by atoms with Crippen LogP contribution in [-0.2, 0) is 16.1 Å². The van der Waals surface area contributed by atoms with E-state index in [0.29, 0.717) is 24.8 Å². The minimum absolute atomic E-state index is 0.00401. The lowest BCUT2D eigenvalue weighted by molar-refractivity contribution is -0.126. The SMILES string of the molecule is CCOc1ccc(Oc2cc(CNC(=O)CNC(=O)C3CC3)ccn2)cc1. The van der Waals surface area contributed by atoms with Crippen molar-refractivity contribution in [2.24, 2.45) is 5.92 Å². The van der Waals surface area contributed by atoms with Crippen LogP contribution >= 0.6 is 0 Å². The van der Waals surface area contributed by atoms with Crippen molar-refractivity contribution in [3.63, 3.8) is 0 Å². The highest BCUT2D eigenvalue weighted by molar-refractivity contribution is 5.86. The quantitative estimate of drug-likeness (QED) is 0.708. The number of carbonyl (C=O) groups excluding carboxylic acids is 2. The molecule has 7 heteroatoms. The van der Waals surface area contributed by atoms with Crippen LogP contribution in [0.25, 0.3) is 0 Å². The molecular formula is C20H23N3O4. The fourth-order valence-electron chi connectivity index (χ4n) is 2.43. The normalized spacial score (nSPS) is 12.9. The molecule has 27 heavy (non-hydrogen) atoms. The van der Waals surface area contributed by atoms with Crippen LogP contribution in [0, 0.1) is 5.92 Å². The average molecular weight is 369 g/mol. The van der Waals surface area contributed by atoms with Gasteiger partial charge in [0, 0.05) is 24.7 Å². The van der Waals surface area contributed by atoms with E-state index in [-0.39, 0.29) is 24.3 Å². The summed E-state index contributed by atoms with van der Waals surface area (Å²) in [5, 5.41) is 5.41. The Bertz CT molecular complexity index is 788. The van der Waals surface area contributed by atoms with Crippen LogP contribution in [0.1, 0.15) is 25.3 Å². The Kier molecular flexibility index (Phi) is 6.25. The number of aromatic nitrogens is 1. The predicted molar refractivity (Wildman–Crippen MR) is 99.5 cm³/mol. The number of nitrogens with one attached hydrogen (secondary N) is 2. The highest BCUT2D eigenvalue weighted by Gasteiger charge is 2.29. The Hall–Kier alpha value is -3.09. The molecule has 0 unspecified atom stereocenters. The molecule has 142 valence electrons. The van der Waals surface area contributed by atoms with Gasteiger partial charge in [0.25, 0.3) is 0 Å².